The topological polar surface area (TPSA) is 90.3 Å². The number of Topliss-reactive ketones (excluding diaryl/α,β-unsaturated/α-hetero) is 1. The molecule has 0 saturated heterocycles. The van der Waals surface area contributed by atoms with Gasteiger partial charge in [-0.05, 0) is 63.5 Å². The summed E-state index contributed by atoms with van der Waals surface area (Å²) in [5.74, 6) is -1.14. The van der Waals surface area contributed by atoms with Crippen LogP contribution in [0.4, 0.5) is 0 Å². The standard InChI is InChI=1S/C24H36N2O5/c1-5-7-12-25(13-8-6-2)14-9-15-26-22(21(17(3)27)23(29)24(26)30)18-10-11-19(28)20(16-18)31-4/h10-11,16,22,28-29H,5-9,12-15H2,1-4H3/t22-/m0/s1. The SMILES string of the molecule is CCCCN(CCCC)CCCN1C(=O)C(O)=C(C(C)=O)[C@@H]1c1ccc(O)c(OC)c1. The fraction of sp³-hybridized carbons (Fsp3) is 0.583. The number of amides is 1. The van der Waals surface area contributed by atoms with Gasteiger partial charge in [0.2, 0.25) is 0 Å². The number of hydrogen-bond acceptors (Lipinski definition) is 6. The number of carbonyl (C=O) groups is 2. The first-order valence-corrected chi connectivity index (χ1v) is 11.2. The second kappa shape index (κ2) is 11.7. The number of phenols is 1. The van der Waals surface area contributed by atoms with E-state index in [1.165, 1.54) is 20.1 Å². The summed E-state index contributed by atoms with van der Waals surface area (Å²) in [4.78, 5) is 29.1. The number of benzene rings is 1. The maximum Gasteiger partial charge on any atom is 0.290 e. The van der Waals surface area contributed by atoms with Crippen LogP contribution < -0.4 is 4.74 Å². The van der Waals surface area contributed by atoms with Crippen LogP contribution in [0.25, 0.3) is 0 Å². The van der Waals surface area contributed by atoms with Gasteiger partial charge in [0.15, 0.2) is 23.0 Å². The van der Waals surface area contributed by atoms with Gasteiger partial charge >= 0.3 is 0 Å². The van der Waals surface area contributed by atoms with Crippen molar-refractivity contribution in [1.29, 1.82) is 0 Å². The van der Waals surface area contributed by atoms with Crippen molar-refractivity contribution >= 4 is 11.7 Å². The molecule has 2 N–H and O–H groups in total. The minimum absolute atomic E-state index is 0.0257. The van der Waals surface area contributed by atoms with Crippen LogP contribution in [0.3, 0.4) is 0 Å². The number of unbranched alkanes of at least 4 members (excludes halogenated alkanes) is 2. The number of carbonyl (C=O) groups excluding carboxylic acids is 2. The summed E-state index contributed by atoms with van der Waals surface area (Å²) >= 11 is 0. The molecule has 172 valence electrons. The molecule has 1 aliphatic rings. The molecule has 1 aliphatic heterocycles. The van der Waals surface area contributed by atoms with Crippen molar-refractivity contribution in [2.75, 3.05) is 33.3 Å². The molecule has 7 nitrogen and oxygen atoms in total. The van der Waals surface area contributed by atoms with E-state index < -0.39 is 17.7 Å². The Hall–Kier alpha value is -2.54. The first kappa shape index (κ1) is 24.7. The molecular weight excluding hydrogens is 396 g/mol. The summed E-state index contributed by atoms with van der Waals surface area (Å²) in [6, 6.07) is 4.04. The van der Waals surface area contributed by atoms with E-state index in [0.29, 0.717) is 12.1 Å². The van der Waals surface area contributed by atoms with Crippen molar-refractivity contribution in [3.63, 3.8) is 0 Å². The Balaban J connectivity index is 2.22. The van der Waals surface area contributed by atoms with Gasteiger partial charge in [0.05, 0.1) is 18.7 Å². The first-order chi connectivity index (χ1) is 14.8. The van der Waals surface area contributed by atoms with Crippen LogP contribution in [0, 0.1) is 0 Å². The van der Waals surface area contributed by atoms with Gasteiger partial charge < -0.3 is 24.7 Å². The Morgan fingerprint density at radius 2 is 1.71 bits per heavy atom. The summed E-state index contributed by atoms with van der Waals surface area (Å²) in [6.07, 6.45) is 5.29. The highest BCUT2D eigenvalue weighted by atomic mass is 16.5. The fourth-order valence-corrected chi connectivity index (χ4v) is 4.02. The summed E-state index contributed by atoms with van der Waals surface area (Å²) in [6.45, 7) is 9.04. The smallest absolute Gasteiger partial charge is 0.290 e. The second-order valence-electron chi connectivity index (χ2n) is 8.05. The third-order valence-corrected chi connectivity index (χ3v) is 5.73. The monoisotopic (exact) mass is 432 g/mol. The minimum atomic E-state index is -0.695. The number of aliphatic hydroxyl groups excluding tert-OH is 1. The Kier molecular flexibility index (Phi) is 9.37. The van der Waals surface area contributed by atoms with Crippen molar-refractivity contribution in [3.05, 3.63) is 35.1 Å². The molecule has 2 rings (SSSR count). The number of ether oxygens (including phenoxy) is 1. The molecule has 0 aromatic heterocycles. The maximum absolute atomic E-state index is 12.8. The molecule has 0 radical (unpaired) electrons. The highest BCUT2D eigenvalue weighted by Crippen LogP contribution is 2.40. The van der Waals surface area contributed by atoms with E-state index in [-0.39, 0.29) is 22.9 Å². The van der Waals surface area contributed by atoms with E-state index in [1.54, 1.807) is 17.0 Å². The van der Waals surface area contributed by atoms with E-state index in [2.05, 4.69) is 18.7 Å². The highest BCUT2D eigenvalue weighted by Gasteiger charge is 2.42. The van der Waals surface area contributed by atoms with Crippen LogP contribution in [-0.4, -0.2) is 65.0 Å². The molecule has 1 heterocycles. The van der Waals surface area contributed by atoms with Crippen LogP contribution in [0.15, 0.2) is 29.5 Å². The predicted molar refractivity (Wildman–Crippen MR) is 120 cm³/mol. The van der Waals surface area contributed by atoms with Crippen LogP contribution in [-0.2, 0) is 9.59 Å². The van der Waals surface area contributed by atoms with Crippen LogP contribution in [0.5, 0.6) is 11.5 Å². The Bertz CT molecular complexity index is 797. The highest BCUT2D eigenvalue weighted by molar-refractivity contribution is 6.08. The number of phenolic OH excluding ortho intramolecular Hbond substituents is 1. The average molecular weight is 433 g/mol. The summed E-state index contributed by atoms with van der Waals surface area (Å²) in [5.41, 5.74) is 0.706. The Labute approximate surface area is 185 Å². The van der Waals surface area contributed by atoms with Gasteiger partial charge in [-0.2, -0.15) is 0 Å². The number of hydrogen-bond donors (Lipinski definition) is 2. The van der Waals surface area contributed by atoms with Gasteiger partial charge in [-0.15, -0.1) is 0 Å². The molecule has 7 heteroatoms. The van der Waals surface area contributed by atoms with Crippen molar-refractivity contribution in [2.24, 2.45) is 0 Å². The molecule has 0 aliphatic carbocycles. The molecule has 0 saturated carbocycles. The lowest BCUT2D eigenvalue weighted by Gasteiger charge is -2.28. The van der Waals surface area contributed by atoms with E-state index in [9.17, 15) is 19.8 Å². The van der Waals surface area contributed by atoms with E-state index >= 15 is 0 Å². The molecule has 0 unspecified atom stereocenters. The minimum Gasteiger partial charge on any atom is -0.504 e. The molecule has 0 bridgehead atoms. The van der Waals surface area contributed by atoms with E-state index in [1.807, 2.05) is 0 Å². The Morgan fingerprint density at radius 1 is 1.10 bits per heavy atom. The van der Waals surface area contributed by atoms with Crippen LogP contribution in [0.1, 0.15) is 64.5 Å². The van der Waals surface area contributed by atoms with Gasteiger partial charge in [0.1, 0.15) is 0 Å². The lowest BCUT2D eigenvalue weighted by molar-refractivity contribution is -0.129. The zero-order chi connectivity index (χ0) is 23.0. The van der Waals surface area contributed by atoms with Gasteiger partial charge in [-0.3, -0.25) is 9.59 Å². The quantitative estimate of drug-likeness (QED) is 0.490. The zero-order valence-corrected chi connectivity index (χ0v) is 19.2. The summed E-state index contributed by atoms with van der Waals surface area (Å²) in [5, 5.41) is 20.4. The molecule has 1 atom stereocenters. The first-order valence-electron chi connectivity index (χ1n) is 11.2. The van der Waals surface area contributed by atoms with Crippen molar-refractivity contribution in [2.45, 2.75) is 58.9 Å². The van der Waals surface area contributed by atoms with Gasteiger partial charge in [0, 0.05) is 6.54 Å². The predicted octanol–water partition coefficient (Wildman–Crippen LogP) is 3.98. The number of rotatable bonds is 13. The largest absolute Gasteiger partial charge is 0.504 e. The lowest BCUT2D eigenvalue weighted by Crippen LogP contribution is -2.35. The molecule has 1 aromatic carbocycles. The number of ketones is 1. The van der Waals surface area contributed by atoms with Crippen molar-refractivity contribution < 1.29 is 24.5 Å². The van der Waals surface area contributed by atoms with Crippen molar-refractivity contribution in [1.82, 2.24) is 9.80 Å². The zero-order valence-electron chi connectivity index (χ0n) is 19.2. The molecule has 0 fully saturated rings. The van der Waals surface area contributed by atoms with Crippen molar-refractivity contribution in [3.8, 4) is 11.5 Å². The number of methoxy groups -OCH3 is 1. The molecule has 1 amide bonds. The van der Waals surface area contributed by atoms with Crippen LogP contribution >= 0.6 is 0 Å². The molecule has 31 heavy (non-hydrogen) atoms. The summed E-state index contributed by atoms with van der Waals surface area (Å²) in [7, 11) is 1.44. The fourth-order valence-electron chi connectivity index (χ4n) is 4.02. The number of aliphatic hydroxyl groups is 1. The molecule has 1 aromatic rings. The van der Waals surface area contributed by atoms with Gasteiger partial charge in [0.25, 0.3) is 5.91 Å². The molecule has 0 spiro atoms. The van der Waals surface area contributed by atoms with E-state index in [0.717, 1.165) is 51.7 Å². The molecular formula is C24H36N2O5. The number of nitrogens with zero attached hydrogens (tertiary/aromatic N) is 2. The van der Waals surface area contributed by atoms with Gasteiger partial charge in [-0.1, -0.05) is 32.8 Å². The average Bonchev–Trinajstić information content (AvgIpc) is 3.00. The van der Waals surface area contributed by atoms with Gasteiger partial charge in [-0.25, -0.2) is 0 Å². The maximum atomic E-state index is 12.8. The second-order valence-corrected chi connectivity index (χ2v) is 8.05. The normalized spacial score (nSPS) is 16.5. The third-order valence-electron chi connectivity index (χ3n) is 5.73. The van der Waals surface area contributed by atoms with Crippen LogP contribution in [0.2, 0.25) is 0 Å². The number of aromatic hydroxyl groups is 1. The summed E-state index contributed by atoms with van der Waals surface area (Å²) < 4.78 is 5.19. The van der Waals surface area contributed by atoms with E-state index in [4.69, 9.17) is 4.74 Å². The lowest BCUT2D eigenvalue weighted by atomic mass is 9.96. The third kappa shape index (κ3) is 6.00. The Morgan fingerprint density at radius 3 is 2.26 bits per heavy atom.